The summed E-state index contributed by atoms with van der Waals surface area (Å²) in [5.41, 5.74) is 0.631. The van der Waals surface area contributed by atoms with Crippen molar-refractivity contribution in [2.75, 3.05) is 6.54 Å². The van der Waals surface area contributed by atoms with Crippen molar-refractivity contribution in [3.05, 3.63) is 34.3 Å². The highest BCUT2D eigenvalue weighted by atomic mass is 79.9. The lowest BCUT2D eigenvalue weighted by Crippen LogP contribution is -2.26. The number of carbonyl (C=O) groups is 2. The van der Waals surface area contributed by atoms with Crippen LogP contribution in [0, 0.1) is 5.92 Å². The third-order valence-corrected chi connectivity index (χ3v) is 3.82. The van der Waals surface area contributed by atoms with Crippen LogP contribution in [-0.4, -0.2) is 23.5 Å². The van der Waals surface area contributed by atoms with Gasteiger partial charge in [-0.25, -0.2) is 0 Å². The molecule has 2 N–H and O–H groups in total. The van der Waals surface area contributed by atoms with Gasteiger partial charge in [-0.1, -0.05) is 29.3 Å². The Hall–Kier alpha value is -1.36. The van der Waals surface area contributed by atoms with E-state index in [2.05, 4.69) is 21.2 Å². The molecule has 0 aliphatic rings. The summed E-state index contributed by atoms with van der Waals surface area (Å²) in [6.07, 6.45) is 2.60. The third kappa shape index (κ3) is 6.19. The highest BCUT2D eigenvalue weighted by Crippen LogP contribution is 2.15. The fourth-order valence-electron chi connectivity index (χ4n) is 1.97. The topological polar surface area (TPSA) is 66.4 Å². The normalized spacial score (nSPS) is 11.9. The maximum atomic E-state index is 11.9. The number of hydrogen-bond acceptors (Lipinski definition) is 2. The van der Waals surface area contributed by atoms with Crippen LogP contribution in [0.3, 0.4) is 0 Å². The summed E-state index contributed by atoms with van der Waals surface area (Å²) in [7, 11) is 0. The summed E-state index contributed by atoms with van der Waals surface area (Å²) in [6.45, 7) is 2.62. The molecule has 0 heterocycles. The molecule has 1 atom stereocenters. The fourth-order valence-corrected chi connectivity index (χ4v) is 2.24. The molecule has 0 saturated carbocycles. The summed E-state index contributed by atoms with van der Waals surface area (Å²) in [5, 5.41) is 11.5. The van der Waals surface area contributed by atoms with Crippen LogP contribution in [0.15, 0.2) is 28.7 Å². The van der Waals surface area contributed by atoms with Crippen LogP contribution in [0.5, 0.6) is 0 Å². The van der Waals surface area contributed by atoms with Crippen molar-refractivity contribution in [1.29, 1.82) is 0 Å². The van der Waals surface area contributed by atoms with E-state index in [0.29, 0.717) is 24.4 Å². The second-order valence-electron chi connectivity index (χ2n) is 4.76. The Kier molecular flexibility index (Phi) is 7.30. The molecule has 0 bridgehead atoms. The van der Waals surface area contributed by atoms with Crippen molar-refractivity contribution < 1.29 is 14.7 Å². The number of nitrogens with one attached hydrogen (secondary N) is 1. The summed E-state index contributed by atoms with van der Waals surface area (Å²) < 4.78 is 0.939. The second-order valence-corrected chi connectivity index (χ2v) is 5.67. The fraction of sp³-hybridized carbons (Fsp3) is 0.467. The molecule has 0 spiro atoms. The van der Waals surface area contributed by atoms with Gasteiger partial charge in [0.15, 0.2) is 0 Å². The molecule has 20 heavy (non-hydrogen) atoms. The first kappa shape index (κ1) is 16.7. The van der Waals surface area contributed by atoms with Crippen LogP contribution in [0.1, 0.15) is 43.0 Å². The Morgan fingerprint density at radius 1 is 1.25 bits per heavy atom. The summed E-state index contributed by atoms with van der Waals surface area (Å²) in [4.78, 5) is 22.4. The van der Waals surface area contributed by atoms with Gasteiger partial charge in [0.1, 0.15) is 0 Å². The largest absolute Gasteiger partial charge is 0.481 e. The van der Waals surface area contributed by atoms with Crippen molar-refractivity contribution in [3.8, 4) is 0 Å². The Balaban J connectivity index is 2.33. The van der Waals surface area contributed by atoms with E-state index in [0.717, 1.165) is 17.3 Å². The Morgan fingerprint density at radius 2 is 1.90 bits per heavy atom. The van der Waals surface area contributed by atoms with Gasteiger partial charge in [-0.15, -0.1) is 0 Å². The highest BCUT2D eigenvalue weighted by molar-refractivity contribution is 9.10. The highest BCUT2D eigenvalue weighted by Gasteiger charge is 2.10. The van der Waals surface area contributed by atoms with E-state index in [-0.39, 0.29) is 12.3 Å². The van der Waals surface area contributed by atoms with Gasteiger partial charge in [0.05, 0.1) is 0 Å². The maximum Gasteiger partial charge on any atom is 0.303 e. The van der Waals surface area contributed by atoms with E-state index in [1.54, 1.807) is 12.1 Å². The first-order chi connectivity index (χ1) is 9.52. The molecule has 4 nitrogen and oxygen atoms in total. The standard InChI is InChI=1S/C15H20BrNO3/c1-2-11(3-8-14(18)19)9-10-17-15(20)12-4-6-13(16)7-5-12/h4-7,11H,2-3,8-10H2,1H3,(H,17,20)(H,18,19). The minimum atomic E-state index is -0.762. The van der Waals surface area contributed by atoms with Gasteiger partial charge in [0, 0.05) is 23.0 Å². The van der Waals surface area contributed by atoms with Crippen LogP contribution in [0.25, 0.3) is 0 Å². The molecule has 0 saturated heterocycles. The molecule has 0 aliphatic carbocycles. The molecule has 1 aromatic carbocycles. The van der Waals surface area contributed by atoms with Gasteiger partial charge in [-0.2, -0.15) is 0 Å². The molecule has 1 aromatic rings. The van der Waals surface area contributed by atoms with Crippen LogP contribution in [0.4, 0.5) is 0 Å². The predicted molar refractivity (Wildman–Crippen MR) is 81.7 cm³/mol. The van der Waals surface area contributed by atoms with E-state index in [4.69, 9.17) is 5.11 Å². The van der Waals surface area contributed by atoms with E-state index in [1.165, 1.54) is 0 Å². The molecule has 0 aromatic heterocycles. The SMILES string of the molecule is CCC(CCNC(=O)c1ccc(Br)cc1)CCC(=O)O. The number of amides is 1. The minimum absolute atomic E-state index is 0.0920. The molecule has 1 unspecified atom stereocenters. The molecule has 110 valence electrons. The third-order valence-electron chi connectivity index (χ3n) is 3.29. The van der Waals surface area contributed by atoms with Gasteiger partial charge in [0.25, 0.3) is 5.91 Å². The van der Waals surface area contributed by atoms with Crippen molar-refractivity contribution in [2.24, 2.45) is 5.92 Å². The number of hydrogen-bond donors (Lipinski definition) is 2. The van der Waals surface area contributed by atoms with E-state index in [9.17, 15) is 9.59 Å². The zero-order chi connectivity index (χ0) is 15.0. The number of carboxylic acids is 1. The zero-order valence-corrected chi connectivity index (χ0v) is 13.1. The molecular weight excluding hydrogens is 322 g/mol. The van der Waals surface area contributed by atoms with Crippen molar-refractivity contribution in [1.82, 2.24) is 5.32 Å². The lowest BCUT2D eigenvalue weighted by Gasteiger charge is -2.14. The van der Waals surface area contributed by atoms with Crippen LogP contribution in [0.2, 0.25) is 0 Å². The first-order valence-corrected chi connectivity index (χ1v) is 7.57. The van der Waals surface area contributed by atoms with Crippen molar-refractivity contribution in [3.63, 3.8) is 0 Å². The lowest BCUT2D eigenvalue weighted by molar-refractivity contribution is -0.137. The number of carbonyl (C=O) groups excluding carboxylic acids is 1. The Labute approximate surface area is 127 Å². The number of benzene rings is 1. The van der Waals surface area contributed by atoms with Crippen LogP contribution in [-0.2, 0) is 4.79 Å². The summed E-state index contributed by atoms with van der Waals surface area (Å²) in [6, 6.07) is 7.19. The molecule has 0 aliphatic heterocycles. The number of aliphatic carboxylic acids is 1. The Morgan fingerprint density at radius 3 is 2.45 bits per heavy atom. The van der Waals surface area contributed by atoms with Crippen LogP contribution >= 0.6 is 15.9 Å². The molecule has 0 radical (unpaired) electrons. The molecule has 1 rings (SSSR count). The van der Waals surface area contributed by atoms with Crippen LogP contribution < -0.4 is 5.32 Å². The zero-order valence-electron chi connectivity index (χ0n) is 11.6. The summed E-state index contributed by atoms with van der Waals surface area (Å²) >= 11 is 3.32. The Bertz CT molecular complexity index is 445. The predicted octanol–water partition coefficient (Wildman–Crippen LogP) is 3.46. The first-order valence-electron chi connectivity index (χ1n) is 6.78. The second kappa shape index (κ2) is 8.74. The van der Waals surface area contributed by atoms with Gasteiger partial charge in [0.2, 0.25) is 0 Å². The van der Waals surface area contributed by atoms with Crippen molar-refractivity contribution >= 4 is 27.8 Å². The van der Waals surface area contributed by atoms with E-state index in [1.807, 2.05) is 19.1 Å². The van der Waals surface area contributed by atoms with Gasteiger partial charge >= 0.3 is 5.97 Å². The average Bonchev–Trinajstić information content (AvgIpc) is 2.42. The van der Waals surface area contributed by atoms with E-state index < -0.39 is 5.97 Å². The lowest BCUT2D eigenvalue weighted by atomic mass is 9.96. The summed E-state index contributed by atoms with van der Waals surface area (Å²) in [5.74, 6) is -0.510. The van der Waals surface area contributed by atoms with Gasteiger partial charge in [-0.05, 0) is 43.0 Å². The van der Waals surface area contributed by atoms with Gasteiger partial charge in [-0.3, -0.25) is 9.59 Å². The smallest absolute Gasteiger partial charge is 0.303 e. The molecule has 0 fully saturated rings. The van der Waals surface area contributed by atoms with Gasteiger partial charge < -0.3 is 10.4 Å². The molecular formula is C15H20BrNO3. The van der Waals surface area contributed by atoms with E-state index >= 15 is 0 Å². The molecule has 1 amide bonds. The quantitative estimate of drug-likeness (QED) is 0.760. The number of rotatable bonds is 8. The maximum absolute atomic E-state index is 11.9. The monoisotopic (exact) mass is 341 g/mol. The average molecular weight is 342 g/mol. The molecule has 5 heteroatoms. The van der Waals surface area contributed by atoms with Crippen molar-refractivity contribution in [2.45, 2.75) is 32.6 Å². The minimum Gasteiger partial charge on any atom is -0.481 e. The number of carboxylic acid groups (broad SMARTS) is 1. The number of halogens is 1.